The van der Waals surface area contributed by atoms with Crippen molar-refractivity contribution in [2.24, 2.45) is 16.5 Å². The minimum absolute atomic E-state index is 0. The SMILES string of the molecule is Cl.NC(N)=Nc1ccc(C(=O)Oc2ccc3c(c2)CCCC3CC(=O)N(CC(=O)O)Cc2cccc(CC(=O)O)c2)cc1. The molecule has 6 N–H and O–H groups in total. The number of nitrogens with zero attached hydrogens (tertiary/aromatic N) is 2. The Morgan fingerprint density at radius 3 is 2.33 bits per heavy atom. The third kappa shape index (κ3) is 9.30. The van der Waals surface area contributed by atoms with E-state index in [1.165, 1.54) is 4.90 Å². The maximum Gasteiger partial charge on any atom is 0.343 e. The fraction of sp³-hybridized carbons (Fsp3) is 0.258. The van der Waals surface area contributed by atoms with Gasteiger partial charge in [-0.25, -0.2) is 9.79 Å². The molecule has 0 spiro atoms. The Bertz CT molecular complexity index is 1520. The van der Waals surface area contributed by atoms with Crippen molar-refractivity contribution < 1.29 is 34.1 Å². The van der Waals surface area contributed by atoms with Crippen LogP contribution >= 0.6 is 12.4 Å². The molecule has 1 atom stereocenters. The van der Waals surface area contributed by atoms with Crippen LogP contribution < -0.4 is 16.2 Å². The fourth-order valence-electron chi connectivity index (χ4n) is 5.12. The summed E-state index contributed by atoms with van der Waals surface area (Å²) in [6.07, 6.45) is 2.30. The Morgan fingerprint density at radius 2 is 1.65 bits per heavy atom. The highest BCUT2D eigenvalue weighted by molar-refractivity contribution is 5.91. The van der Waals surface area contributed by atoms with E-state index in [1.54, 1.807) is 60.7 Å². The van der Waals surface area contributed by atoms with Gasteiger partial charge in [0.05, 0.1) is 17.7 Å². The maximum atomic E-state index is 13.4. The van der Waals surface area contributed by atoms with Crippen LogP contribution in [0.15, 0.2) is 71.7 Å². The summed E-state index contributed by atoms with van der Waals surface area (Å²) in [6, 6.07) is 18.5. The van der Waals surface area contributed by atoms with Crippen LogP contribution in [-0.2, 0) is 33.8 Å². The summed E-state index contributed by atoms with van der Waals surface area (Å²) in [5, 5.41) is 18.5. The van der Waals surface area contributed by atoms with Crippen LogP contribution in [0.4, 0.5) is 5.69 Å². The van der Waals surface area contributed by atoms with Crippen molar-refractivity contribution in [1.82, 2.24) is 4.90 Å². The van der Waals surface area contributed by atoms with Crippen molar-refractivity contribution in [3.05, 3.63) is 94.5 Å². The summed E-state index contributed by atoms with van der Waals surface area (Å²) in [5.41, 5.74) is 14.8. The van der Waals surface area contributed by atoms with Crippen molar-refractivity contribution in [3.63, 3.8) is 0 Å². The second kappa shape index (κ2) is 14.8. The van der Waals surface area contributed by atoms with E-state index in [0.717, 1.165) is 30.4 Å². The van der Waals surface area contributed by atoms with Crippen LogP contribution in [0.3, 0.4) is 0 Å². The molecule has 12 heteroatoms. The van der Waals surface area contributed by atoms with Crippen LogP contribution in [0.1, 0.15) is 57.8 Å². The topological polar surface area (TPSA) is 186 Å². The molecule has 0 aromatic heterocycles. The number of hydrogen-bond acceptors (Lipinski definition) is 6. The predicted octanol–water partition coefficient (Wildman–Crippen LogP) is 3.78. The van der Waals surface area contributed by atoms with Crippen molar-refractivity contribution in [3.8, 4) is 5.75 Å². The number of aliphatic carboxylic acids is 2. The summed E-state index contributed by atoms with van der Waals surface area (Å²) in [4.78, 5) is 53.9. The lowest BCUT2D eigenvalue weighted by atomic mass is 9.80. The molecule has 4 rings (SSSR count). The highest BCUT2D eigenvalue weighted by Gasteiger charge is 2.27. The van der Waals surface area contributed by atoms with Crippen molar-refractivity contribution >= 4 is 47.9 Å². The molecule has 0 aliphatic heterocycles. The van der Waals surface area contributed by atoms with Gasteiger partial charge in [0, 0.05) is 13.0 Å². The number of esters is 1. The third-order valence-corrected chi connectivity index (χ3v) is 6.94. The molecule has 1 unspecified atom stereocenters. The first-order valence-corrected chi connectivity index (χ1v) is 13.4. The Kier molecular flexibility index (Phi) is 11.2. The Morgan fingerprint density at radius 1 is 0.930 bits per heavy atom. The molecule has 43 heavy (non-hydrogen) atoms. The fourth-order valence-corrected chi connectivity index (χ4v) is 5.12. The average molecular weight is 609 g/mol. The Hall–Kier alpha value is -4.90. The number of halogens is 1. The van der Waals surface area contributed by atoms with Crippen LogP contribution in [0.25, 0.3) is 0 Å². The minimum atomic E-state index is -1.13. The molecule has 1 aliphatic carbocycles. The number of amides is 1. The van der Waals surface area contributed by atoms with E-state index in [9.17, 15) is 24.3 Å². The maximum absolute atomic E-state index is 13.4. The summed E-state index contributed by atoms with van der Waals surface area (Å²) < 4.78 is 5.58. The van der Waals surface area contributed by atoms with Gasteiger partial charge in [0.15, 0.2) is 5.96 Å². The predicted molar refractivity (Wildman–Crippen MR) is 162 cm³/mol. The second-order valence-electron chi connectivity index (χ2n) is 10.2. The van der Waals surface area contributed by atoms with Crippen molar-refractivity contribution in [2.75, 3.05) is 6.54 Å². The first-order chi connectivity index (χ1) is 20.1. The van der Waals surface area contributed by atoms with E-state index in [-0.39, 0.29) is 49.6 Å². The Balaban J connectivity index is 0.00000506. The number of aryl methyl sites for hydroxylation is 1. The van der Waals surface area contributed by atoms with Crippen LogP contribution in [0.5, 0.6) is 5.75 Å². The van der Waals surface area contributed by atoms with E-state index >= 15 is 0 Å². The molecule has 0 bridgehead atoms. The van der Waals surface area contributed by atoms with Gasteiger partial charge in [-0.15, -0.1) is 12.4 Å². The van der Waals surface area contributed by atoms with Crippen LogP contribution in [0.2, 0.25) is 0 Å². The number of aliphatic imine (C=N–C) groups is 1. The molecule has 11 nitrogen and oxygen atoms in total. The molecule has 0 heterocycles. The number of rotatable bonds is 11. The molecule has 1 amide bonds. The number of hydrogen-bond donors (Lipinski definition) is 4. The number of carboxylic acids is 2. The first-order valence-electron chi connectivity index (χ1n) is 13.4. The molecule has 0 saturated carbocycles. The van der Waals surface area contributed by atoms with E-state index in [1.807, 2.05) is 6.07 Å². The zero-order chi connectivity index (χ0) is 30.2. The normalized spacial score (nSPS) is 13.5. The molecular formula is C31H33ClN4O7. The first kappa shape index (κ1) is 32.6. The van der Waals surface area contributed by atoms with Crippen LogP contribution in [0, 0.1) is 0 Å². The number of carboxylic acid groups (broad SMARTS) is 2. The van der Waals surface area contributed by atoms with Gasteiger partial charge < -0.3 is 31.3 Å². The minimum Gasteiger partial charge on any atom is -0.481 e. The number of ether oxygens (including phenoxy) is 1. The van der Waals surface area contributed by atoms with Gasteiger partial charge in [-0.05, 0) is 83.8 Å². The van der Waals surface area contributed by atoms with Crippen LogP contribution in [-0.4, -0.2) is 51.4 Å². The van der Waals surface area contributed by atoms with Gasteiger partial charge in [-0.1, -0.05) is 30.3 Å². The second-order valence-corrected chi connectivity index (χ2v) is 10.2. The van der Waals surface area contributed by atoms with Gasteiger partial charge in [-0.3, -0.25) is 14.4 Å². The Labute approximate surface area is 254 Å². The number of carbonyl (C=O) groups is 4. The van der Waals surface area contributed by atoms with Crippen molar-refractivity contribution in [2.45, 2.75) is 44.6 Å². The van der Waals surface area contributed by atoms with E-state index in [2.05, 4.69) is 4.99 Å². The molecule has 226 valence electrons. The summed E-state index contributed by atoms with van der Waals surface area (Å²) in [6.45, 7) is -0.413. The van der Waals surface area contributed by atoms with E-state index in [0.29, 0.717) is 28.1 Å². The number of fused-ring (bicyclic) bond motifs is 1. The zero-order valence-corrected chi connectivity index (χ0v) is 24.1. The molecule has 3 aromatic rings. The third-order valence-electron chi connectivity index (χ3n) is 6.94. The number of benzene rings is 3. The molecule has 3 aromatic carbocycles. The quantitative estimate of drug-likeness (QED) is 0.109. The lowest BCUT2D eigenvalue weighted by molar-refractivity contribution is -0.145. The smallest absolute Gasteiger partial charge is 0.343 e. The van der Waals surface area contributed by atoms with Gasteiger partial charge in [0.25, 0.3) is 0 Å². The van der Waals surface area contributed by atoms with Crippen molar-refractivity contribution in [1.29, 1.82) is 0 Å². The van der Waals surface area contributed by atoms with Gasteiger partial charge >= 0.3 is 17.9 Å². The molecule has 0 radical (unpaired) electrons. The zero-order valence-electron chi connectivity index (χ0n) is 23.3. The number of guanidine groups is 1. The molecule has 1 aliphatic rings. The number of carbonyl (C=O) groups excluding carboxylic acids is 2. The highest BCUT2D eigenvalue weighted by atomic mass is 35.5. The largest absolute Gasteiger partial charge is 0.481 e. The monoisotopic (exact) mass is 608 g/mol. The summed E-state index contributed by atoms with van der Waals surface area (Å²) in [7, 11) is 0. The standard InChI is InChI=1S/C31H32N4O7.ClH/c32-31(33)34-24-9-7-21(8-10-24)30(41)42-25-11-12-26-22(15-25)5-2-6-23(26)16-27(36)35(18-29(39)40)17-20-4-1-3-19(13-20)14-28(37)38;/h1,3-4,7-13,15,23H,2,5-6,14,16-18H2,(H,37,38)(H,39,40)(H4,32,33,34);1H. The lowest BCUT2D eigenvalue weighted by Crippen LogP contribution is -2.36. The van der Waals surface area contributed by atoms with E-state index in [4.69, 9.17) is 21.3 Å². The summed E-state index contributed by atoms with van der Waals surface area (Å²) >= 11 is 0. The average Bonchev–Trinajstić information content (AvgIpc) is 2.92. The highest BCUT2D eigenvalue weighted by Crippen LogP contribution is 2.36. The number of nitrogens with two attached hydrogens (primary N) is 2. The lowest BCUT2D eigenvalue weighted by Gasteiger charge is -2.28. The van der Waals surface area contributed by atoms with Gasteiger partial charge in [-0.2, -0.15) is 0 Å². The van der Waals surface area contributed by atoms with Gasteiger partial charge in [0.2, 0.25) is 5.91 Å². The molecule has 0 saturated heterocycles. The molecular weight excluding hydrogens is 576 g/mol. The van der Waals surface area contributed by atoms with E-state index < -0.39 is 24.5 Å². The summed E-state index contributed by atoms with van der Waals surface area (Å²) in [5.74, 6) is -2.78. The molecule has 0 fully saturated rings. The van der Waals surface area contributed by atoms with Gasteiger partial charge in [0.1, 0.15) is 12.3 Å².